The Morgan fingerprint density at radius 3 is 2.55 bits per heavy atom. The summed E-state index contributed by atoms with van der Waals surface area (Å²) in [6, 6.07) is 12.7. The Bertz CT molecular complexity index is 711. The molecule has 1 heterocycles. The van der Waals surface area contributed by atoms with Gasteiger partial charge in [0.2, 0.25) is 0 Å². The van der Waals surface area contributed by atoms with Crippen molar-refractivity contribution in [2.24, 2.45) is 0 Å². The fourth-order valence-corrected chi connectivity index (χ4v) is 2.34. The number of anilines is 1. The number of carboxylic acid groups (broad SMARTS) is 1. The highest BCUT2D eigenvalue weighted by Gasteiger charge is 2.36. The molecule has 0 radical (unpaired) electrons. The van der Waals surface area contributed by atoms with Gasteiger partial charge >= 0.3 is 5.97 Å². The van der Waals surface area contributed by atoms with E-state index in [-0.39, 0.29) is 11.5 Å². The van der Waals surface area contributed by atoms with Gasteiger partial charge in [-0.3, -0.25) is 9.69 Å². The van der Waals surface area contributed by atoms with Crippen molar-refractivity contribution in [2.45, 2.75) is 6.23 Å². The minimum absolute atomic E-state index is 0.0680. The smallest absolute Gasteiger partial charge is 0.335 e. The van der Waals surface area contributed by atoms with E-state index in [1.165, 1.54) is 17.0 Å². The predicted molar refractivity (Wildman–Crippen MR) is 71.6 cm³/mol. The molecule has 3 rings (SSSR count). The first-order valence-electron chi connectivity index (χ1n) is 6.03. The second kappa shape index (κ2) is 4.47. The van der Waals surface area contributed by atoms with Gasteiger partial charge in [0, 0.05) is 16.8 Å². The van der Waals surface area contributed by atoms with Crippen molar-refractivity contribution in [3.05, 3.63) is 65.2 Å². The fraction of sp³-hybridized carbons (Fsp3) is 0.0667. The van der Waals surface area contributed by atoms with Crippen molar-refractivity contribution in [3.8, 4) is 0 Å². The zero-order valence-corrected chi connectivity index (χ0v) is 10.4. The number of benzene rings is 2. The van der Waals surface area contributed by atoms with E-state index >= 15 is 0 Å². The summed E-state index contributed by atoms with van der Waals surface area (Å²) in [6.45, 7) is 0. The fourth-order valence-electron chi connectivity index (χ4n) is 2.34. The third-order valence-corrected chi connectivity index (χ3v) is 3.30. The number of aliphatic hydroxyl groups is 1. The van der Waals surface area contributed by atoms with Crippen LogP contribution in [0.4, 0.5) is 5.69 Å². The summed E-state index contributed by atoms with van der Waals surface area (Å²) < 4.78 is 0. The molecular weight excluding hydrogens is 258 g/mol. The van der Waals surface area contributed by atoms with Gasteiger partial charge < -0.3 is 10.2 Å². The van der Waals surface area contributed by atoms with Gasteiger partial charge in [-0.1, -0.05) is 24.3 Å². The first-order valence-corrected chi connectivity index (χ1v) is 6.03. The summed E-state index contributed by atoms with van der Waals surface area (Å²) in [4.78, 5) is 24.5. The number of carboxylic acids is 1. The zero-order chi connectivity index (χ0) is 14.3. The van der Waals surface area contributed by atoms with Crippen LogP contribution < -0.4 is 4.90 Å². The highest BCUT2D eigenvalue weighted by atomic mass is 16.4. The Labute approximate surface area is 114 Å². The van der Waals surface area contributed by atoms with Crippen molar-refractivity contribution in [3.63, 3.8) is 0 Å². The van der Waals surface area contributed by atoms with E-state index in [0.717, 1.165) is 0 Å². The lowest BCUT2D eigenvalue weighted by Crippen LogP contribution is -2.27. The normalized spacial score (nSPS) is 17.1. The molecule has 5 nitrogen and oxygen atoms in total. The molecule has 1 atom stereocenters. The minimum Gasteiger partial charge on any atom is -0.478 e. The molecule has 0 saturated heterocycles. The second-order valence-corrected chi connectivity index (χ2v) is 4.49. The van der Waals surface area contributed by atoms with E-state index in [2.05, 4.69) is 0 Å². The lowest BCUT2D eigenvalue weighted by Gasteiger charge is -2.21. The molecule has 1 unspecified atom stereocenters. The van der Waals surface area contributed by atoms with Crippen molar-refractivity contribution >= 4 is 17.6 Å². The van der Waals surface area contributed by atoms with Gasteiger partial charge in [0.25, 0.3) is 5.91 Å². The molecule has 2 aromatic rings. The Morgan fingerprint density at radius 2 is 1.85 bits per heavy atom. The van der Waals surface area contributed by atoms with E-state index < -0.39 is 12.2 Å². The van der Waals surface area contributed by atoms with Crippen molar-refractivity contribution in [1.82, 2.24) is 0 Å². The molecule has 100 valence electrons. The van der Waals surface area contributed by atoms with Gasteiger partial charge in [0.1, 0.15) is 0 Å². The van der Waals surface area contributed by atoms with Crippen molar-refractivity contribution in [1.29, 1.82) is 0 Å². The highest BCUT2D eigenvalue weighted by molar-refractivity contribution is 6.11. The maximum absolute atomic E-state index is 12.3. The number of amides is 1. The number of aliphatic hydroxyl groups excluding tert-OH is 1. The van der Waals surface area contributed by atoms with Gasteiger partial charge in [0.05, 0.1) is 5.56 Å². The molecule has 5 heteroatoms. The Morgan fingerprint density at radius 1 is 1.10 bits per heavy atom. The SMILES string of the molecule is O=C(O)c1cccc(N2C(=O)c3ccccc3C2O)c1. The standard InChI is InChI=1S/C15H11NO4/c17-13-11-6-1-2-7-12(11)14(18)16(13)10-5-3-4-9(8-10)15(19)20/h1-8,13,17H,(H,19,20). The molecule has 1 amide bonds. The van der Waals surface area contributed by atoms with Crippen LogP contribution in [-0.4, -0.2) is 22.1 Å². The molecule has 2 N–H and O–H groups in total. The van der Waals surface area contributed by atoms with Crippen LogP contribution in [0.3, 0.4) is 0 Å². The summed E-state index contributed by atoms with van der Waals surface area (Å²) in [6.07, 6.45) is -1.09. The molecule has 1 aliphatic rings. The van der Waals surface area contributed by atoms with Crippen LogP contribution in [-0.2, 0) is 0 Å². The van der Waals surface area contributed by atoms with Crippen LogP contribution in [0, 0.1) is 0 Å². The predicted octanol–water partition coefficient (Wildman–Crippen LogP) is 2.04. The number of carbonyl (C=O) groups excluding carboxylic acids is 1. The first kappa shape index (κ1) is 12.4. The van der Waals surface area contributed by atoms with E-state index in [9.17, 15) is 14.7 Å². The Kier molecular flexibility index (Phi) is 2.76. The summed E-state index contributed by atoms with van der Waals surface area (Å²) in [5, 5.41) is 19.2. The van der Waals surface area contributed by atoms with E-state index in [1.807, 2.05) is 0 Å². The average molecular weight is 269 g/mol. The van der Waals surface area contributed by atoms with Crippen LogP contribution in [0.25, 0.3) is 0 Å². The zero-order valence-electron chi connectivity index (χ0n) is 10.4. The maximum atomic E-state index is 12.3. The van der Waals surface area contributed by atoms with Gasteiger partial charge in [-0.15, -0.1) is 0 Å². The van der Waals surface area contributed by atoms with Gasteiger partial charge in [-0.2, -0.15) is 0 Å². The number of aromatic carboxylic acids is 1. The topological polar surface area (TPSA) is 77.8 Å². The number of nitrogens with zero attached hydrogens (tertiary/aromatic N) is 1. The van der Waals surface area contributed by atoms with Crippen LogP contribution in [0.2, 0.25) is 0 Å². The number of hydrogen-bond acceptors (Lipinski definition) is 3. The van der Waals surface area contributed by atoms with Crippen molar-refractivity contribution < 1.29 is 19.8 Å². The number of rotatable bonds is 2. The third kappa shape index (κ3) is 1.76. The average Bonchev–Trinajstić information content (AvgIpc) is 2.72. The second-order valence-electron chi connectivity index (χ2n) is 4.49. The van der Waals surface area contributed by atoms with Crippen LogP contribution in [0.15, 0.2) is 48.5 Å². The van der Waals surface area contributed by atoms with Gasteiger partial charge in [0.15, 0.2) is 6.23 Å². The summed E-state index contributed by atoms with van der Waals surface area (Å²) >= 11 is 0. The highest BCUT2D eigenvalue weighted by Crippen LogP contribution is 2.35. The molecular formula is C15H11NO4. The maximum Gasteiger partial charge on any atom is 0.335 e. The van der Waals surface area contributed by atoms with Gasteiger partial charge in [-0.05, 0) is 24.3 Å². The lowest BCUT2D eigenvalue weighted by molar-refractivity contribution is 0.0696. The summed E-state index contributed by atoms with van der Waals surface area (Å²) in [5.41, 5.74) is 1.39. The number of carbonyl (C=O) groups is 2. The van der Waals surface area contributed by atoms with Crippen LogP contribution >= 0.6 is 0 Å². The molecule has 20 heavy (non-hydrogen) atoms. The monoisotopic (exact) mass is 269 g/mol. The van der Waals surface area contributed by atoms with E-state index in [0.29, 0.717) is 16.8 Å². The summed E-state index contributed by atoms with van der Waals surface area (Å²) in [7, 11) is 0. The quantitative estimate of drug-likeness (QED) is 0.874. The molecule has 0 fully saturated rings. The van der Waals surface area contributed by atoms with Gasteiger partial charge in [-0.25, -0.2) is 4.79 Å². The minimum atomic E-state index is -1.09. The molecule has 0 saturated carbocycles. The Balaban J connectivity index is 2.07. The number of fused-ring (bicyclic) bond motifs is 1. The largest absolute Gasteiger partial charge is 0.478 e. The molecule has 2 aromatic carbocycles. The molecule has 1 aliphatic heterocycles. The van der Waals surface area contributed by atoms with Crippen LogP contribution in [0.5, 0.6) is 0 Å². The Hall–Kier alpha value is -2.66. The van der Waals surface area contributed by atoms with Crippen LogP contribution in [0.1, 0.15) is 32.5 Å². The lowest BCUT2D eigenvalue weighted by atomic mass is 10.1. The van der Waals surface area contributed by atoms with E-state index in [1.54, 1.807) is 36.4 Å². The first-order chi connectivity index (χ1) is 9.59. The molecule has 0 aliphatic carbocycles. The molecule has 0 bridgehead atoms. The molecule has 0 spiro atoms. The molecule has 0 aromatic heterocycles. The third-order valence-electron chi connectivity index (χ3n) is 3.30. The van der Waals surface area contributed by atoms with E-state index in [4.69, 9.17) is 5.11 Å². The number of hydrogen-bond donors (Lipinski definition) is 2. The summed E-state index contributed by atoms with van der Waals surface area (Å²) in [5.74, 6) is -1.42. The van der Waals surface area contributed by atoms with Crippen molar-refractivity contribution in [2.75, 3.05) is 4.90 Å².